The Morgan fingerprint density at radius 2 is 1.95 bits per heavy atom. The average Bonchev–Trinajstić information content (AvgIpc) is 2.96. The summed E-state index contributed by atoms with van der Waals surface area (Å²) in [6.45, 7) is 9.13. The summed E-state index contributed by atoms with van der Waals surface area (Å²) in [5.41, 5.74) is 0. The van der Waals surface area contributed by atoms with Gasteiger partial charge in [-0.3, -0.25) is 0 Å². The topological polar surface area (TPSA) is 21.3 Å². The first-order valence-electron chi connectivity index (χ1n) is 9.04. The van der Waals surface area contributed by atoms with Crippen LogP contribution in [0, 0.1) is 17.8 Å². The SMILES string of the molecule is CCC1CCC(CNC(C)C)C(CCC2CCCO2)C1. The standard InChI is InChI=1S/C18H35NO/c1-4-15-7-8-17(13-19-14(2)3)16(12-15)9-10-18-6-5-11-20-18/h14-19H,4-13H2,1-3H3. The Balaban J connectivity index is 1.80. The fourth-order valence-electron chi connectivity index (χ4n) is 4.08. The van der Waals surface area contributed by atoms with Crippen molar-refractivity contribution < 1.29 is 4.74 Å². The highest BCUT2D eigenvalue weighted by molar-refractivity contribution is 4.82. The lowest BCUT2D eigenvalue weighted by atomic mass is 9.71. The second kappa shape index (κ2) is 8.38. The van der Waals surface area contributed by atoms with Crippen molar-refractivity contribution in [3.8, 4) is 0 Å². The maximum atomic E-state index is 5.81. The van der Waals surface area contributed by atoms with Gasteiger partial charge in [0.15, 0.2) is 0 Å². The minimum Gasteiger partial charge on any atom is -0.378 e. The second-order valence-corrected chi connectivity index (χ2v) is 7.38. The van der Waals surface area contributed by atoms with Gasteiger partial charge in [0.2, 0.25) is 0 Å². The molecule has 118 valence electrons. The van der Waals surface area contributed by atoms with E-state index >= 15 is 0 Å². The maximum absolute atomic E-state index is 5.81. The highest BCUT2D eigenvalue weighted by Crippen LogP contribution is 2.38. The van der Waals surface area contributed by atoms with Crippen LogP contribution >= 0.6 is 0 Å². The van der Waals surface area contributed by atoms with Crippen LogP contribution in [0.4, 0.5) is 0 Å². The first-order valence-corrected chi connectivity index (χ1v) is 9.04. The van der Waals surface area contributed by atoms with Crippen LogP contribution in [-0.4, -0.2) is 25.3 Å². The number of ether oxygens (including phenoxy) is 1. The van der Waals surface area contributed by atoms with Crippen molar-refractivity contribution in [2.24, 2.45) is 17.8 Å². The lowest BCUT2D eigenvalue weighted by Gasteiger charge is -2.37. The Bertz CT molecular complexity index is 260. The monoisotopic (exact) mass is 281 g/mol. The van der Waals surface area contributed by atoms with E-state index in [1.807, 2.05) is 0 Å². The van der Waals surface area contributed by atoms with E-state index in [1.54, 1.807) is 0 Å². The van der Waals surface area contributed by atoms with Crippen LogP contribution in [0.25, 0.3) is 0 Å². The van der Waals surface area contributed by atoms with Gasteiger partial charge in [0.05, 0.1) is 6.10 Å². The third-order valence-corrected chi connectivity index (χ3v) is 5.50. The molecule has 1 saturated carbocycles. The molecular formula is C18H35NO. The van der Waals surface area contributed by atoms with E-state index in [-0.39, 0.29) is 0 Å². The van der Waals surface area contributed by atoms with Gasteiger partial charge in [-0.2, -0.15) is 0 Å². The predicted molar refractivity (Wildman–Crippen MR) is 86.0 cm³/mol. The summed E-state index contributed by atoms with van der Waals surface area (Å²) < 4.78 is 5.81. The first kappa shape index (κ1) is 16.3. The predicted octanol–water partition coefficient (Wildman–Crippen LogP) is 4.39. The molecule has 0 radical (unpaired) electrons. The third-order valence-electron chi connectivity index (χ3n) is 5.50. The van der Waals surface area contributed by atoms with Gasteiger partial charge < -0.3 is 10.1 Å². The third kappa shape index (κ3) is 5.04. The van der Waals surface area contributed by atoms with Crippen LogP contribution < -0.4 is 5.32 Å². The summed E-state index contributed by atoms with van der Waals surface area (Å²) in [5, 5.41) is 3.67. The summed E-state index contributed by atoms with van der Waals surface area (Å²) in [4.78, 5) is 0. The van der Waals surface area contributed by atoms with Gasteiger partial charge >= 0.3 is 0 Å². The highest BCUT2D eigenvalue weighted by Gasteiger charge is 2.30. The zero-order chi connectivity index (χ0) is 14.4. The van der Waals surface area contributed by atoms with Crippen LogP contribution in [0.15, 0.2) is 0 Å². The molecule has 0 aromatic heterocycles. The van der Waals surface area contributed by atoms with E-state index < -0.39 is 0 Å². The number of hydrogen-bond acceptors (Lipinski definition) is 2. The Kier molecular flexibility index (Phi) is 6.83. The summed E-state index contributed by atoms with van der Waals surface area (Å²) >= 11 is 0. The fraction of sp³-hybridized carbons (Fsp3) is 1.00. The van der Waals surface area contributed by atoms with Crippen LogP contribution in [-0.2, 0) is 4.74 Å². The Morgan fingerprint density at radius 1 is 1.10 bits per heavy atom. The minimum atomic E-state index is 0.579. The quantitative estimate of drug-likeness (QED) is 0.747. The van der Waals surface area contributed by atoms with Gasteiger partial charge in [-0.1, -0.05) is 33.6 Å². The molecule has 0 spiro atoms. The Morgan fingerprint density at radius 3 is 2.60 bits per heavy atom. The van der Waals surface area contributed by atoms with E-state index in [1.165, 1.54) is 57.9 Å². The minimum absolute atomic E-state index is 0.579. The van der Waals surface area contributed by atoms with Crippen LogP contribution in [0.2, 0.25) is 0 Å². The molecule has 2 nitrogen and oxygen atoms in total. The lowest BCUT2D eigenvalue weighted by Crippen LogP contribution is -2.36. The second-order valence-electron chi connectivity index (χ2n) is 7.38. The van der Waals surface area contributed by atoms with E-state index in [9.17, 15) is 0 Å². The van der Waals surface area contributed by atoms with E-state index in [0.29, 0.717) is 12.1 Å². The van der Waals surface area contributed by atoms with Crippen molar-refractivity contribution >= 4 is 0 Å². The molecule has 2 aliphatic rings. The van der Waals surface area contributed by atoms with Crippen LogP contribution in [0.5, 0.6) is 0 Å². The van der Waals surface area contributed by atoms with Gasteiger partial charge in [0, 0.05) is 12.6 Å². The van der Waals surface area contributed by atoms with E-state index in [2.05, 4.69) is 26.1 Å². The largest absolute Gasteiger partial charge is 0.378 e. The van der Waals surface area contributed by atoms with Crippen molar-refractivity contribution in [2.45, 2.75) is 84.3 Å². The van der Waals surface area contributed by atoms with Gasteiger partial charge in [-0.05, 0) is 62.8 Å². The van der Waals surface area contributed by atoms with Gasteiger partial charge in [0.1, 0.15) is 0 Å². The summed E-state index contributed by atoms with van der Waals surface area (Å²) in [6.07, 6.45) is 11.6. The fourth-order valence-corrected chi connectivity index (χ4v) is 4.08. The normalized spacial score (nSPS) is 34.8. The molecule has 20 heavy (non-hydrogen) atoms. The molecule has 1 saturated heterocycles. The molecule has 0 aromatic carbocycles. The van der Waals surface area contributed by atoms with Crippen molar-refractivity contribution in [2.75, 3.05) is 13.2 Å². The average molecular weight is 281 g/mol. The highest BCUT2D eigenvalue weighted by atomic mass is 16.5. The zero-order valence-corrected chi connectivity index (χ0v) is 13.9. The summed E-state index contributed by atoms with van der Waals surface area (Å²) in [5.74, 6) is 2.82. The van der Waals surface area contributed by atoms with E-state index in [4.69, 9.17) is 4.74 Å². The zero-order valence-electron chi connectivity index (χ0n) is 13.9. The molecule has 2 heteroatoms. The Labute approximate surface area is 126 Å². The molecule has 2 fully saturated rings. The van der Waals surface area contributed by atoms with Crippen molar-refractivity contribution in [3.63, 3.8) is 0 Å². The van der Waals surface area contributed by atoms with Gasteiger partial charge in [-0.25, -0.2) is 0 Å². The van der Waals surface area contributed by atoms with Crippen molar-refractivity contribution in [3.05, 3.63) is 0 Å². The molecule has 0 bridgehead atoms. The van der Waals surface area contributed by atoms with Crippen LogP contribution in [0.3, 0.4) is 0 Å². The molecule has 0 amide bonds. The molecule has 1 heterocycles. The molecule has 4 atom stereocenters. The molecule has 1 N–H and O–H groups in total. The van der Waals surface area contributed by atoms with E-state index in [0.717, 1.165) is 24.4 Å². The van der Waals surface area contributed by atoms with Crippen molar-refractivity contribution in [1.82, 2.24) is 5.32 Å². The van der Waals surface area contributed by atoms with Crippen LogP contribution in [0.1, 0.15) is 72.1 Å². The van der Waals surface area contributed by atoms with Gasteiger partial charge in [0.25, 0.3) is 0 Å². The summed E-state index contributed by atoms with van der Waals surface area (Å²) in [6, 6.07) is 0.623. The molecule has 1 aliphatic heterocycles. The molecule has 2 rings (SSSR count). The number of rotatable bonds is 7. The Hall–Kier alpha value is -0.0800. The molecule has 1 aliphatic carbocycles. The smallest absolute Gasteiger partial charge is 0.0576 e. The number of nitrogens with one attached hydrogen (secondary N) is 1. The van der Waals surface area contributed by atoms with Crippen molar-refractivity contribution in [1.29, 1.82) is 0 Å². The maximum Gasteiger partial charge on any atom is 0.0576 e. The lowest BCUT2D eigenvalue weighted by molar-refractivity contribution is 0.0836. The van der Waals surface area contributed by atoms with Gasteiger partial charge in [-0.15, -0.1) is 0 Å². The number of hydrogen-bond donors (Lipinski definition) is 1. The molecule has 0 aromatic rings. The first-order chi connectivity index (χ1) is 9.69. The summed E-state index contributed by atoms with van der Waals surface area (Å²) in [7, 11) is 0. The molecule has 4 unspecified atom stereocenters. The molecular weight excluding hydrogens is 246 g/mol.